The second-order valence-corrected chi connectivity index (χ2v) is 3.73. The fourth-order valence-electron chi connectivity index (χ4n) is 1.35. The molecular weight excluding hydrogens is 231 g/mol. The summed E-state index contributed by atoms with van der Waals surface area (Å²) in [6, 6.07) is 5.26. The molecule has 1 rings (SSSR count). The number of hydrogen-bond acceptors (Lipinski definition) is 3. The van der Waals surface area contributed by atoms with Gasteiger partial charge >= 0.3 is 6.18 Å². The van der Waals surface area contributed by atoms with Crippen molar-refractivity contribution in [3.63, 3.8) is 0 Å². The third-order valence-corrected chi connectivity index (χ3v) is 2.21. The zero-order valence-corrected chi connectivity index (χ0v) is 9.33. The van der Waals surface area contributed by atoms with E-state index < -0.39 is 12.6 Å². The second kappa shape index (κ2) is 5.64. The Morgan fingerprint density at radius 1 is 1.47 bits per heavy atom. The maximum absolute atomic E-state index is 12.0. The lowest BCUT2D eigenvalue weighted by Gasteiger charge is -2.17. The lowest BCUT2D eigenvalue weighted by atomic mass is 10.2. The number of rotatable bonds is 4. The highest BCUT2D eigenvalue weighted by Crippen LogP contribution is 2.20. The van der Waals surface area contributed by atoms with Crippen LogP contribution in [0.1, 0.15) is 17.7 Å². The number of aromatic nitrogens is 1. The van der Waals surface area contributed by atoms with Gasteiger partial charge in [-0.25, -0.2) is 4.98 Å². The SMILES string of the molecule is CN(CCC(F)(F)F)Cc1cccnc1C#N. The molecule has 1 aromatic rings. The van der Waals surface area contributed by atoms with Crippen molar-refractivity contribution < 1.29 is 13.2 Å². The van der Waals surface area contributed by atoms with Crippen LogP contribution in [0.25, 0.3) is 0 Å². The highest BCUT2D eigenvalue weighted by Gasteiger charge is 2.27. The van der Waals surface area contributed by atoms with E-state index in [0.717, 1.165) is 0 Å². The van der Waals surface area contributed by atoms with E-state index in [1.54, 1.807) is 19.2 Å². The van der Waals surface area contributed by atoms with E-state index in [2.05, 4.69) is 4.98 Å². The molecule has 0 N–H and O–H groups in total. The molecule has 3 nitrogen and oxygen atoms in total. The van der Waals surface area contributed by atoms with Crippen LogP contribution in [0.15, 0.2) is 18.3 Å². The average molecular weight is 243 g/mol. The van der Waals surface area contributed by atoms with Crippen molar-refractivity contribution >= 4 is 0 Å². The molecule has 17 heavy (non-hydrogen) atoms. The normalized spacial score (nSPS) is 11.5. The monoisotopic (exact) mass is 243 g/mol. The molecule has 0 aliphatic heterocycles. The molecule has 6 heteroatoms. The Labute approximate surface area is 97.5 Å². The summed E-state index contributed by atoms with van der Waals surface area (Å²) in [4.78, 5) is 5.37. The van der Waals surface area contributed by atoms with Gasteiger partial charge in [0.15, 0.2) is 0 Å². The van der Waals surface area contributed by atoms with Gasteiger partial charge in [0.2, 0.25) is 0 Å². The minimum absolute atomic E-state index is 0.0940. The Bertz CT molecular complexity index is 409. The maximum atomic E-state index is 12.0. The molecule has 0 saturated carbocycles. The molecule has 0 amide bonds. The second-order valence-electron chi connectivity index (χ2n) is 3.73. The van der Waals surface area contributed by atoms with E-state index in [9.17, 15) is 13.2 Å². The van der Waals surface area contributed by atoms with Gasteiger partial charge in [0.25, 0.3) is 0 Å². The highest BCUT2D eigenvalue weighted by molar-refractivity contribution is 5.30. The van der Waals surface area contributed by atoms with Crippen molar-refractivity contribution in [3.05, 3.63) is 29.6 Å². The van der Waals surface area contributed by atoms with E-state index in [-0.39, 0.29) is 18.8 Å². The Balaban J connectivity index is 2.57. The van der Waals surface area contributed by atoms with Crippen LogP contribution in [0, 0.1) is 11.3 Å². The number of nitriles is 1. The summed E-state index contributed by atoms with van der Waals surface area (Å²) in [7, 11) is 1.58. The van der Waals surface area contributed by atoms with E-state index >= 15 is 0 Å². The first-order valence-electron chi connectivity index (χ1n) is 5.01. The van der Waals surface area contributed by atoms with Crippen LogP contribution in [-0.2, 0) is 6.54 Å². The molecule has 0 aliphatic carbocycles. The third-order valence-electron chi connectivity index (χ3n) is 2.21. The van der Waals surface area contributed by atoms with Crippen LogP contribution in [0.2, 0.25) is 0 Å². The number of alkyl halides is 3. The highest BCUT2D eigenvalue weighted by atomic mass is 19.4. The van der Waals surface area contributed by atoms with Crippen LogP contribution < -0.4 is 0 Å². The molecule has 1 heterocycles. The fourth-order valence-corrected chi connectivity index (χ4v) is 1.35. The average Bonchev–Trinajstić information content (AvgIpc) is 2.26. The lowest BCUT2D eigenvalue weighted by Crippen LogP contribution is -2.24. The summed E-state index contributed by atoms with van der Waals surface area (Å²) in [5.74, 6) is 0. The zero-order chi connectivity index (χ0) is 12.9. The minimum Gasteiger partial charge on any atom is -0.302 e. The summed E-state index contributed by atoms with van der Waals surface area (Å²) in [6.07, 6.45) is -3.52. The quantitative estimate of drug-likeness (QED) is 0.814. The van der Waals surface area contributed by atoms with Crippen LogP contribution in [0.5, 0.6) is 0 Å². The van der Waals surface area contributed by atoms with E-state index in [0.29, 0.717) is 5.56 Å². The van der Waals surface area contributed by atoms with Crippen molar-refractivity contribution in [2.75, 3.05) is 13.6 Å². The molecule has 1 aromatic heterocycles. The van der Waals surface area contributed by atoms with Gasteiger partial charge < -0.3 is 4.90 Å². The summed E-state index contributed by atoms with van der Waals surface area (Å²) in [5.41, 5.74) is 0.894. The Morgan fingerprint density at radius 2 is 2.18 bits per heavy atom. The van der Waals surface area contributed by atoms with Gasteiger partial charge in [-0.3, -0.25) is 0 Å². The van der Waals surface area contributed by atoms with Crippen molar-refractivity contribution in [2.45, 2.75) is 19.1 Å². The van der Waals surface area contributed by atoms with Gasteiger partial charge in [-0.1, -0.05) is 6.07 Å². The fraction of sp³-hybridized carbons (Fsp3) is 0.455. The van der Waals surface area contributed by atoms with E-state index in [1.165, 1.54) is 11.1 Å². The van der Waals surface area contributed by atoms with Crippen LogP contribution in [0.3, 0.4) is 0 Å². The molecule has 0 saturated heterocycles. The molecule has 0 unspecified atom stereocenters. The predicted molar refractivity (Wildman–Crippen MR) is 56.0 cm³/mol. The van der Waals surface area contributed by atoms with Gasteiger partial charge in [0.1, 0.15) is 11.8 Å². The largest absolute Gasteiger partial charge is 0.390 e. The summed E-state index contributed by atoms with van der Waals surface area (Å²) in [6.45, 7) is 0.191. The van der Waals surface area contributed by atoms with Gasteiger partial charge in [0.05, 0.1) is 6.42 Å². The first-order valence-corrected chi connectivity index (χ1v) is 5.01. The standard InChI is InChI=1S/C11H12F3N3/c1-17(6-4-11(12,13)14)8-9-3-2-5-16-10(9)7-15/h2-3,5H,4,6,8H2,1H3. The lowest BCUT2D eigenvalue weighted by molar-refractivity contribution is -0.137. The van der Waals surface area contributed by atoms with E-state index in [4.69, 9.17) is 5.26 Å². The molecule has 0 bridgehead atoms. The predicted octanol–water partition coefficient (Wildman–Crippen LogP) is 2.34. The van der Waals surface area contributed by atoms with Crippen LogP contribution in [0.4, 0.5) is 13.2 Å². The molecule has 92 valence electrons. The van der Waals surface area contributed by atoms with Crippen molar-refractivity contribution in [1.82, 2.24) is 9.88 Å². The summed E-state index contributed by atoms with van der Waals surface area (Å²) < 4.78 is 36.0. The van der Waals surface area contributed by atoms with E-state index in [1.807, 2.05) is 6.07 Å². The molecular formula is C11H12F3N3. The number of pyridine rings is 1. The molecule has 0 fully saturated rings. The van der Waals surface area contributed by atoms with Crippen molar-refractivity contribution in [3.8, 4) is 6.07 Å². The smallest absolute Gasteiger partial charge is 0.302 e. The van der Waals surface area contributed by atoms with Crippen LogP contribution >= 0.6 is 0 Å². The van der Waals surface area contributed by atoms with Crippen LogP contribution in [-0.4, -0.2) is 29.7 Å². The first-order chi connectivity index (χ1) is 7.92. The Hall–Kier alpha value is -1.61. The Kier molecular flexibility index (Phi) is 4.46. The third kappa shape index (κ3) is 4.83. The molecule has 0 spiro atoms. The number of hydrogen-bond donors (Lipinski definition) is 0. The van der Waals surface area contributed by atoms with Gasteiger partial charge in [-0.2, -0.15) is 18.4 Å². The topological polar surface area (TPSA) is 39.9 Å². The maximum Gasteiger partial charge on any atom is 0.390 e. The van der Waals surface area contributed by atoms with Gasteiger partial charge in [-0.05, 0) is 13.1 Å². The molecule has 0 radical (unpaired) electrons. The number of halogens is 3. The molecule has 0 atom stereocenters. The summed E-state index contributed by atoms with van der Waals surface area (Å²) in [5, 5.41) is 8.78. The van der Waals surface area contributed by atoms with Gasteiger partial charge in [-0.15, -0.1) is 0 Å². The summed E-state index contributed by atoms with van der Waals surface area (Å²) >= 11 is 0. The Morgan fingerprint density at radius 3 is 2.76 bits per heavy atom. The zero-order valence-electron chi connectivity index (χ0n) is 9.33. The number of nitrogens with zero attached hydrogens (tertiary/aromatic N) is 3. The first kappa shape index (κ1) is 13.5. The minimum atomic E-state index is -4.15. The van der Waals surface area contributed by atoms with Crippen molar-refractivity contribution in [1.29, 1.82) is 5.26 Å². The van der Waals surface area contributed by atoms with Gasteiger partial charge in [0, 0.05) is 24.8 Å². The van der Waals surface area contributed by atoms with Crippen molar-refractivity contribution in [2.24, 2.45) is 0 Å². The molecule has 0 aliphatic rings. The molecule has 0 aromatic carbocycles.